The summed E-state index contributed by atoms with van der Waals surface area (Å²) in [5.74, 6) is 0.787. The summed E-state index contributed by atoms with van der Waals surface area (Å²) in [6.45, 7) is 9.25. The molecule has 0 aromatic carbocycles. The van der Waals surface area contributed by atoms with Crippen LogP contribution in [0.4, 0.5) is 4.79 Å². The molecular formula is C22H30N6O2. The standard InChI is InChI=1S/C22H30N6O2/c1-21(2,3)10-16-15(5-4-14-12-24-17(11-23)25-18(14)16)13-28-8-6-22(7-9-28)19(29)26-20(30)27-22/h12,15-16H,4-10,13H2,1-3H3,(H2,26,27,29,30). The molecule has 1 spiro atoms. The van der Waals surface area contributed by atoms with Crippen molar-refractivity contribution in [1.29, 1.82) is 5.26 Å². The number of imide groups is 1. The van der Waals surface area contributed by atoms with Crippen molar-refractivity contribution in [3.8, 4) is 6.07 Å². The molecule has 2 atom stereocenters. The van der Waals surface area contributed by atoms with Gasteiger partial charge in [-0.3, -0.25) is 10.1 Å². The Morgan fingerprint density at radius 3 is 2.63 bits per heavy atom. The van der Waals surface area contributed by atoms with Gasteiger partial charge in [0.1, 0.15) is 11.6 Å². The number of carbonyl (C=O) groups is 2. The smallest absolute Gasteiger partial charge is 0.322 e. The molecule has 8 nitrogen and oxygen atoms in total. The molecule has 1 aromatic heterocycles. The molecule has 0 saturated carbocycles. The topological polar surface area (TPSA) is 111 Å². The lowest BCUT2D eigenvalue weighted by Gasteiger charge is -2.42. The summed E-state index contributed by atoms with van der Waals surface area (Å²) in [4.78, 5) is 35.0. The summed E-state index contributed by atoms with van der Waals surface area (Å²) >= 11 is 0. The van der Waals surface area contributed by atoms with Gasteiger partial charge in [-0.2, -0.15) is 5.26 Å². The first-order valence-corrected chi connectivity index (χ1v) is 10.8. The van der Waals surface area contributed by atoms with Crippen LogP contribution < -0.4 is 10.6 Å². The Balaban J connectivity index is 1.50. The lowest BCUT2D eigenvalue weighted by atomic mass is 9.70. The molecule has 2 fully saturated rings. The van der Waals surface area contributed by atoms with Crippen LogP contribution in [0.1, 0.15) is 69.5 Å². The van der Waals surface area contributed by atoms with Crippen molar-refractivity contribution in [1.82, 2.24) is 25.5 Å². The summed E-state index contributed by atoms with van der Waals surface area (Å²) in [5.41, 5.74) is 1.63. The average Bonchev–Trinajstić information content (AvgIpc) is 2.97. The van der Waals surface area contributed by atoms with Crippen LogP contribution in [0.2, 0.25) is 0 Å². The second kappa shape index (κ2) is 7.62. The third-order valence-corrected chi connectivity index (χ3v) is 6.75. The molecule has 3 amide bonds. The number of amides is 3. The first kappa shape index (κ1) is 20.7. The number of hydrogen-bond donors (Lipinski definition) is 2. The van der Waals surface area contributed by atoms with Crippen LogP contribution in [-0.2, 0) is 11.2 Å². The third kappa shape index (κ3) is 4.04. The number of nitrogens with one attached hydrogen (secondary N) is 2. The lowest BCUT2D eigenvalue weighted by molar-refractivity contribution is -0.125. The predicted octanol–water partition coefficient (Wildman–Crippen LogP) is 2.10. The molecule has 3 aliphatic rings. The van der Waals surface area contributed by atoms with Gasteiger partial charge in [0.05, 0.1) is 5.69 Å². The van der Waals surface area contributed by atoms with Crippen molar-refractivity contribution in [3.63, 3.8) is 0 Å². The second-order valence-corrected chi connectivity index (χ2v) is 10.2. The molecule has 8 heteroatoms. The minimum Gasteiger partial charge on any atom is -0.323 e. The summed E-state index contributed by atoms with van der Waals surface area (Å²) in [6, 6.07) is 1.71. The van der Waals surface area contributed by atoms with E-state index in [1.165, 1.54) is 5.56 Å². The third-order valence-electron chi connectivity index (χ3n) is 6.75. The highest BCUT2D eigenvalue weighted by Crippen LogP contribution is 2.43. The fourth-order valence-electron chi connectivity index (χ4n) is 5.22. The quantitative estimate of drug-likeness (QED) is 0.738. The van der Waals surface area contributed by atoms with Gasteiger partial charge in [-0.05, 0) is 49.0 Å². The minimum absolute atomic E-state index is 0.146. The molecular weight excluding hydrogens is 380 g/mol. The van der Waals surface area contributed by atoms with E-state index in [0.29, 0.717) is 18.8 Å². The molecule has 1 aliphatic carbocycles. The highest BCUT2D eigenvalue weighted by molar-refractivity contribution is 6.07. The van der Waals surface area contributed by atoms with E-state index in [9.17, 15) is 14.9 Å². The average molecular weight is 411 g/mol. The Bertz CT molecular complexity index is 892. The van der Waals surface area contributed by atoms with Crippen LogP contribution in [0.15, 0.2) is 6.20 Å². The van der Waals surface area contributed by atoms with E-state index in [4.69, 9.17) is 0 Å². The number of rotatable bonds is 3. The summed E-state index contributed by atoms with van der Waals surface area (Å²) < 4.78 is 0. The molecule has 30 heavy (non-hydrogen) atoms. The Morgan fingerprint density at radius 2 is 2.03 bits per heavy atom. The van der Waals surface area contributed by atoms with Crippen molar-refractivity contribution in [2.24, 2.45) is 11.3 Å². The molecule has 2 saturated heterocycles. The van der Waals surface area contributed by atoms with Crippen molar-refractivity contribution < 1.29 is 9.59 Å². The van der Waals surface area contributed by atoms with Crippen molar-refractivity contribution in [3.05, 3.63) is 23.3 Å². The Labute approximate surface area is 177 Å². The molecule has 0 radical (unpaired) electrons. The summed E-state index contributed by atoms with van der Waals surface area (Å²) in [6.07, 6.45) is 6.11. The molecule has 3 heterocycles. The summed E-state index contributed by atoms with van der Waals surface area (Å²) in [5, 5.41) is 14.5. The van der Waals surface area contributed by atoms with Crippen molar-refractivity contribution in [2.75, 3.05) is 19.6 Å². The van der Waals surface area contributed by atoms with E-state index in [-0.39, 0.29) is 29.1 Å². The highest BCUT2D eigenvalue weighted by Gasteiger charge is 2.48. The SMILES string of the molecule is CC(C)(C)CC1c2nc(C#N)ncc2CCC1CN1CCC2(CC1)NC(=O)NC2=O. The molecule has 2 N–H and O–H groups in total. The van der Waals surface area contributed by atoms with Gasteiger partial charge in [-0.1, -0.05) is 20.8 Å². The number of urea groups is 1. The maximum atomic E-state index is 12.2. The van der Waals surface area contributed by atoms with Gasteiger partial charge in [0, 0.05) is 31.7 Å². The van der Waals surface area contributed by atoms with Gasteiger partial charge in [-0.15, -0.1) is 0 Å². The number of nitrogens with zero attached hydrogens (tertiary/aromatic N) is 4. The normalized spacial score (nSPS) is 26.1. The van der Waals surface area contributed by atoms with Gasteiger partial charge in [0.15, 0.2) is 0 Å². The van der Waals surface area contributed by atoms with E-state index >= 15 is 0 Å². The number of fused-ring (bicyclic) bond motifs is 1. The largest absolute Gasteiger partial charge is 0.323 e. The molecule has 1 aromatic rings. The van der Waals surface area contributed by atoms with Gasteiger partial charge >= 0.3 is 6.03 Å². The Hall–Kier alpha value is -2.53. The number of piperidine rings is 1. The number of likely N-dealkylation sites (tertiary alicyclic amines) is 1. The van der Waals surface area contributed by atoms with Gasteiger partial charge < -0.3 is 10.2 Å². The van der Waals surface area contributed by atoms with Crippen LogP contribution >= 0.6 is 0 Å². The van der Waals surface area contributed by atoms with Gasteiger partial charge in [0.2, 0.25) is 5.82 Å². The predicted molar refractivity (Wildman–Crippen MR) is 110 cm³/mol. The van der Waals surface area contributed by atoms with E-state index < -0.39 is 5.54 Å². The molecule has 4 rings (SSSR count). The molecule has 2 aliphatic heterocycles. The molecule has 0 bridgehead atoms. The number of carbonyl (C=O) groups excluding carboxylic acids is 2. The maximum Gasteiger partial charge on any atom is 0.322 e. The zero-order valence-electron chi connectivity index (χ0n) is 18.0. The van der Waals surface area contributed by atoms with Crippen LogP contribution in [-0.4, -0.2) is 52.0 Å². The number of nitriles is 1. The number of aryl methyl sites for hydroxylation is 1. The van der Waals surface area contributed by atoms with E-state index in [2.05, 4.69) is 52.3 Å². The first-order valence-electron chi connectivity index (χ1n) is 10.8. The molecule has 160 valence electrons. The lowest BCUT2D eigenvalue weighted by Crippen LogP contribution is -2.55. The summed E-state index contributed by atoms with van der Waals surface area (Å²) in [7, 11) is 0. The van der Waals surface area contributed by atoms with E-state index in [1.54, 1.807) is 0 Å². The van der Waals surface area contributed by atoms with Crippen LogP contribution in [0.5, 0.6) is 0 Å². The van der Waals surface area contributed by atoms with Crippen molar-refractivity contribution in [2.45, 2.75) is 64.3 Å². The maximum absolute atomic E-state index is 12.2. The van der Waals surface area contributed by atoms with Gasteiger partial charge in [-0.25, -0.2) is 14.8 Å². The fraction of sp³-hybridized carbons (Fsp3) is 0.682. The first-order chi connectivity index (χ1) is 14.2. The zero-order valence-corrected chi connectivity index (χ0v) is 18.0. The zero-order chi connectivity index (χ0) is 21.5. The Kier molecular flexibility index (Phi) is 5.27. The highest BCUT2D eigenvalue weighted by atomic mass is 16.2. The minimum atomic E-state index is -0.730. The number of aromatic nitrogens is 2. The Morgan fingerprint density at radius 1 is 1.30 bits per heavy atom. The van der Waals surface area contributed by atoms with Crippen LogP contribution in [0, 0.1) is 22.7 Å². The van der Waals surface area contributed by atoms with Crippen LogP contribution in [0.25, 0.3) is 0 Å². The second-order valence-electron chi connectivity index (χ2n) is 10.2. The van der Waals surface area contributed by atoms with Crippen molar-refractivity contribution >= 4 is 11.9 Å². The van der Waals surface area contributed by atoms with E-state index in [1.807, 2.05) is 6.20 Å². The fourth-order valence-corrected chi connectivity index (χ4v) is 5.22. The monoisotopic (exact) mass is 410 g/mol. The van der Waals surface area contributed by atoms with Crippen LogP contribution in [0.3, 0.4) is 0 Å². The van der Waals surface area contributed by atoms with E-state index in [0.717, 1.165) is 44.6 Å². The van der Waals surface area contributed by atoms with Gasteiger partial charge in [0.25, 0.3) is 5.91 Å². The number of hydrogen-bond acceptors (Lipinski definition) is 6. The molecule has 2 unspecified atom stereocenters.